The third kappa shape index (κ3) is 3.84. The van der Waals surface area contributed by atoms with Gasteiger partial charge < -0.3 is 10.4 Å². The maximum absolute atomic E-state index is 12.3. The van der Waals surface area contributed by atoms with E-state index in [-0.39, 0.29) is 23.7 Å². The highest BCUT2D eigenvalue weighted by Crippen LogP contribution is 2.31. The number of carbonyl (C=O) groups excluding carboxylic acids is 1. The first-order valence-electron chi connectivity index (χ1n) is 7.69. The molecule has 1 aromatic rings. The fraction of sp³-hybridized carbons (Fsp3) is 0.529. The van der Waals surface area contributed by atoms with E-state index in [9.17, 15) is 9.59 Å². The molecule has 1 aliphatic carbocycles. The molecule has 1 amide bonds. The number of benzene rings is 1. The minimum atomic E-state index is -0.734. The minimum Gasteiger partial charge on any atom is -0.481 e. The minimum absolute atomic E-state index is 0.000242. The molecule has 3 atom stereocenters. The molecule has 4 nitrogen and oxygen atoms in total. The number of carbonyl (C=O) groups is 2. The Morgan fingerprint density at radius 2 is 2.00 bits per heavy atom. The van der Waals surface area contributed by atoms with Gasteiger partial charge in [-0.2, -0.15) is 0 Å². The van der Waals surface area contributed by atoms with Crippen LogP contribution in [-0.2, 0) is 9.59 Å². The quantitative estimate of drug-likeness (QED) is 0.846. The molecule has 0 radical (unpaired) electrons. The zero-order valence-electron chi connectivity index (χ0n) is 12.4. The van der Waals surface area contributed by atoms with Crippen LogP contribution in [0.1, 0.15) is 44.1 Å². The molecule has 4 heteroatoms. The van der Waals surface area contributed by atoms with Crippen LogP contribution in [0.15, 0.2) is 30.3 Å². The predicted octanol–water partition coefficient (Wildman–Crippen LogP) is 2.80. The molecule has 2 rings (SSSR count). The normalized spacial score (nSPS) is 22.7. The number of carboxylic acids is 1. The Labute approximate surface area is 125 Å². The van der Waals surface area contributed by atoms with Gasteiger partial charge in [0, 0.05) is 6.54 Å². The molecular formula is C17H23NO3. The summed E-state index contributed by atoms with van der Waals surface area (Å²) in [5, 5.41) is 12.1. The van der Waals surface area contributed by atoms with Gasteiger partial charge >= 0.3 is 5.97 Å². The van der Waals surface area contributed by atoms with Crippen molar-refractivity contribution in [3.8, 4) is 0 Å². The summed E-state index contributed by atoms with van der Waals surface area (Å²) in [7, 11) is 0. The van der Waals surface area contributed by atoms with Crippen LogP contribution >= 0.6 is 0 Å². The van der Waals surface area contributed by atoms with Crippen molar-refractivity contribution in [2.45, 2.75) is 38.5 Å². The molecule has 0 saturated heterocycles. The molecule has 0 aromatic heterocycles. The van der Waals surface area contributed by atoms with Gasteiger partial charge in [-0.3, -0.25) is 9.59 Å². The van der Waals surface area contributed by atoms with E-state index >= 15 is 0 Å². The molecule has 0 bridgehead atoms. The summed E-state index contributed by atoms with van der Waals surface area (Å²) >= 11 is 0. The molecule has 21 heavy (non-hydrogen) atoms. The largest absolute Gasteiger partial charge is 0.481 e. The highest BCUT2D eigenvalue weighted by molar-refractivity contribution is 5.83. The Hall–Kier alpha value is -1.84. The summed E-state index contributed by atoms with van der Waals surface area (Å²) in [5.74, 6) is -1.13. The molecule has 1 aromatic carbocycles. The van der Waals surface area contributed by atoms with E-state index in [0.29, 0.717) is 6.54 Å². The van der Waals surface area contributed by atoms with Crippen LogP contribution in [0.25, 0.3) is 0 Å². The van der Waals surface area contributed by atoms with Crippen molar-refractivity contribution in [2.75, 3.05) is 6.54 Å². The topological polar surface area (TPSA) is 66.4 Å². The number of amides is 1. The van der Waals surface area contributed by atoms with Gasteiger partial charge in [0.15, 0.2) is 0 Å². The van der Waals surface area contributed by atoms with Crippen LogP contribution in [0.4, 0.5) is 0 Å². The summed E-state index contributed by atoms with van der Waals surface area (Å²) in [6.07, 6.45) is 3.29. The lowest BCUT2D eigenvalue weighted by Gasteiger charge is -2.19. The second kappa shape index (κ2) is 7.25. The van der Waals surface area contributed by atoms with Crippen molar-refractivity contribution in [1.82, 2.24) is 5.32 Å². The highest BCUT2D eigenvalue weighted by Gasteiger charge is 2.33. The summed E-state index contributed by atoms with van der Waals surface area (Å²) in [6, 6.07) is 9.72. The van der Waals surface area contributed by atoms with E-state index in [0.717, 1.165) is 31.2 Å². The van der Waals surface area contributed by atoms with E-state index in [1.165, 1.54) is 0 Å². The van der Waals surface area contributed by atoms with Crippen molar-refractivity contribution in [3.05, 3.63) is 35.9 Å². The van der Waals surface area contributed by atoms with Gasteiger partial charge in [0.2, 0.25) is 5.91 Å². The van der Waals surface area contributed by atoms with Crippen LogP contribution in [0, 0.1) is 11.8 Å². The van der Waals surface area contributed by atoms with E-state index in [1.54, 1.807) is 0 Å². The lowest BCUT2D eigenvalue weighted by molar-refractivity contribution is -0.143. The molecule has 0 heterocycles. The molecular weight excluding hydrogens is 266 g/mol. The Morgan fingerprint density at radius 1 is 1.29 bits per heavy atom. The Morgan fingerprint density at radius 3 is 2.62 bits per heavy atom. The first-order chi connectivity index (χ1) is 10.1. The first-order valence-corrected chi connectivity index (χ1v) is 7.69. The van der Waals surface area contributed by atoms with Gasteiger partial charge in [-0.1, -0.05) is 43.7 Å². The SMILES string of the molecule is CCC(C(=O)NCC1CCCC1C(=O)O)c1ccccc1. The number of aliphatic carboxylic acids is 1. The van der Waals surface area contributed by atoms with E-state index in [1.807, 2.05) is 37.3 Å². The second-order valence-electron chi connectivity index (χ2n) is 5.75. The van der Waals surface area contributed by atoms with Crippen LogP contribution in [0.3, 0.4) is 0 Å². The lowest BCUT2D eigenvalue weighted by atomic mass is 9.93. The second-order valence-corrected chi connectivity index (χ2v) is 5.75. The molecule has 3 unspecified atom stereocenters. The van der Waals surface area contributed by atoms with E-state index in [2.05, 4.69) is 5.32 Å². The van der Waals surface area contributed by atoms with Crippen molar-refractivity contribution in [2.24, 2.45) is 11.8 Å². The summed E-state index contributed by atoms with van der Waals surface area (Å²) in [4.78, 5) is 23.5. The molecule has 2 N–H and O–H groups in total. The fourth-order valence-corrected chi connectivity index (χ4v) is 3.22. The fourth-order valence-electron chi connectivity index (χ4n) is 3.22. The smallest absolute Gasteiger partial charge is 0.306 e. The van der Waals surface area contributed by atoms with Crippen LogP contribution in [-0.4, -0.2) is 23.5 Å². The summed E-state index contributed by atoms with van der Waals surface area (Å²) in [6.45, 7) is 2.46. The zero-order valence-corrected chi connectivity index (χ0v) is 12.4. The highest BCUT2D eigenvalue weighted by atomic mass is 16.4. The standard InChI is InChI=1S/C17H23NO3/c1-2-14(12-7-4-3-5-8-12)16(19)18-11-13-9-6-10-15(13)17(20)21/h3-5,7-8,13-15H,2,6,9-11H2,1H3,(H,18,19)(H,20,21). The van der Waals surface area contributed by atoms with Gasteiger partial charge in [-0.05, 0) is 30.7 Å². The summed E-state index contributed by atoms with van der Waals surface area (Å²) in [5.41, 5.74) is 1.01. The van der Waals surface area contributed by atoms with Gasteiger partial charge in [0.1, 0.15) is 0 Å². The van der Waals surface area contributed by atoms with E-state index < -0.39 is 5.97 Å². The molecule has 1 saturated carbocycles. The number of nitrogens with one attached hydrogen (secondary N) is 1. The van der Waals surface area contributed by atoms with Crippen LogP contribution in [0.2, 0.25) is 0 Å². The number of hydrogen-bond donors (Lipinski definition) is 2. The Balaban J connectivity index is 1.93. The average molecular weight is 289 g/mol. The maximum Gasteiger partial charge on any atom is 0.306 e. The average Bonchev–Trinajstić information content (AvgIpc) is 2.95. The number of rotatable bonds is 6. The van der Waals surface area contributed by atoms with Crippen molar-refractivity contribution >= 4 is 11.9 Å². The monoisotopic (exact) mass is 289 g/mol. The maximum atomic E-state index is 12.3. The van der Waals surface area contributed by atoms with Gasteiger partial charge in [0.05, 0.1) is 11.8 Å². The number of carboxylic acid groups (broad SMARTS) is 1. The predicted molar refractivity (Wildman–Crippen MR) is 81.0 cm³/mol. The van der Waals surface area contributed by atoms with Gasteiger partial charge in [-0.15, -0.1) is 0 Å². The third-order valence-electron chi connectivity index (χ3n) is 4.44. The Kier molecular flexibility index (Phi) is 5.37. The number of hydrogen-bond acceptors (Lipinski definition) is 2. The lowest BCUT2D eigenvalue weighted by Crippen LogP contribution is -2.35. The molecule has 0 spiro atoms. The molecule has 114 valence electrons. The third-order valence-corrected chi connectivity index (χ3v) is 4.44. The molecule has 1 fully saturated rings. The van der Waals surface area contributed by atoms with Gasteiger partial charge in [-0.25, -0.2) is 0 Å². The van der Waals surface area contributed by atoms with Crippen molar-refractivity contribution in [1.29, 1.82) is 0 Å². The van der Waals surface area contributed by atoms with Crippen molar-refractivity contribution in [3.63, 3.8) is 0 Å². The Bertz CT molecular complexity index is 486. The van der Waals surface area contributed by atoms with Gasteiger partial charge in [0.25, 0.3) is 0 Å². The molecule has 1 aliphatic rings. The van der Waals surface area contributed by atoms with E-state index in [4.69, 9.17) is 5.11 Å². The first kappa shape index (κ1) is 15.5. The zero-order chi connectivity index (χ0) is 15.2. The van der Waals surface area contributed by atoms with Crippen LogP contribution < -0.4 is 5.32 Å². The summed E-state index contributed by atoms with van der Waals surface area (Å²) < 4.78 is 0. The van der Waals surface area contributed by atoms with Crippen molar-refractivity contribution < 1.29 is 14.7 Å². The molecule has 0 aliphatic heterocycles. The van der Waals surface area contributed by atoms with Crippen LogP contribution in [0.5, 0.6) is 0 Å².